The molecule has 3 aromatic rings. The van der Waals surface area contributed by atoms with Crippen LogP contribution in [0.3, 0.4) is 0 Å². The van der Waals surface area contributed by atoms with Crippen molar-refractivity contribution in [2.75, 3.05) is 12.4 Å². The van der Waals surface area contributed by atoms with E-state index in [2.05, 4.69) is 15.0 Å². The lowest BCUT2D eigenvalue weighted by Gasteiger charge is -2.14. The van der Waals surface area contributed by atoms with E-state index in [1.807, 2.05) is 12.1 Å². The molecule has 178 valence electrons. The largest absolute Gasteiger partial charge is 0.493 e. The smallest absolute Gasteiger partial charge is 0.255 e. The molecule has 2 aromatic carbocycles. The zero-order valence-corrected chi connectivity index (χ0v) is 19.7. The fourth-order valence-electron chi connectivity index (χ4n) is 3.85. The van der Waals surface area contributed by atoms with Gasteiger partial charge in [-0.25, -0.2) is 13.1 Å². The molecule has 1 heterocycles. The lowest BCUT2D eigenvalue weighted by atomic mass is 10.2. The first-order valence-electron chi connectivity index (χ1n) is 11.1. The van der Waals surface area contributed by atoms with E-state index >= 15 is 0 Å². The van der Waals surface area contributed by atoms with Gasteiger partial charge in [0.2, 0.25) is 10.0 Å². The number of sulfonamides is 1. The van der Waals surface area contributed by atoms with E-state index in [4.69, 9.17) is 9.47 Å². The molecule has 1 aliphatic rings. The Morgan fingerprint density at radius 3 is 2.53 bits per heavy atom. The maximum absolute atomic E-state index is 12.9. The molecular formula is C25H27N3O5S. The summed E-state index contributed by atoms with van der Waals surface area (Å²) >= 11 is 0. The molecule has 0 bridgehead atoms. The molecule has 0 aliphatic heterocycles. The second kappa shape index (κ2) is 10.7. The van der Waals surface area contributed by atoms with Crippen LogP contribution in [0.15, 0.2) is 71.9 Å². The molecule has 0 unspecified atom stereocenters. The summed E-state index contributed by atoms with van der Waals surface area (Å²) in [6.07, 6.45) is 7.08. The predicted octanol–water partition coefficient (Wildman–Crippen LogP) is 4.14. The molecule has 1 fully saturated rings. The van der Waals surface area contributed by atoms with E-state index in [-0.39, 0.29) is 16.5 Å². The summed E-state index contributed by atoms with van der Waals surface area (Å²) < 4.78 is 39.5. The van der Waals surface area contributed by atoms with Crippen LogP contribution in [0.2, 0.25) is 0 Å². The predicted molar refractivity (Wildman–Crippen MR) is 129 cm³/mol. The second-order valence-electron chi connectivity index (χ2n) is 8.09. The van der Waals surface area contributed by atoms with Crippen LogP contribution in [-0.2, 0) is 16.6 Å². The summed E-state index contributed by atoms with van der Waals surface area (Å²) in [5.41, 5.74) is 1.67. The molecule has 34 heavy (non-hydrogen) atoms. The van der Waals surface area contributed by atoms with Gasteiger partial charge in [-0.1, -0.05) is 18.9 Å². The molecule has 0 radical (unpaired) electrons. The highest BCUT2D eigenvalue weighted by Gasteiger charge is 2.23. The number of hydrogen-bond acceptors (Lipinski definition) is 6. The third-order valence-electron chi connectivity index (χ3n) is 5.65. The minimum absolute atomic E-state index is 0.0487. The summed E-state index contributed by atoms with van der Waals surface area (Å²) in [5, 5.41) is 2.80. The van der Waals surface area contributed by atoms with Crippen LogP contribution < -0.4 is 19.5 Å². The normalized spacial score (nSPS) is 14.0. The monoisotopic (exact) mass is 481 g/mol. The van der Waals surface area contributed by atoms with Gasteiger partial charge in [0.05, 0.1) is 12.0 Å². The number of pyridine rings is 1. The van der Waals surface area contributed by atoms with Crippen LogP contribution in [0, 0.1) is 0 Å². The molecule has 0 atom stereocenters. The molecule has 8 nitrogen and oxygen atoms in total. The zero-order valence-electron chi connectivity index (χ0n) is 18.9. The zero-order chi connectivity index (χ0) is 24.0. The Kier molecular flexibility index (Phi) is 7.44. The van der Waals surface area contributed by atoms with E-state index < -0.39 is 15.9 Å². The number of benzene rings is 2. The van der Waals surface area contributed by atoms with Crippen LogP contribution in [-0.4, -0.2) is 32.5 Å². The molecule has 0 saturated heterocycles. The standard InChI is InChI=1S/C25H27N3O5S/c1-32-23-10-9-21(16-24(23)33-17-18-11-13-26-14-12-18)27-25(29)19-5-4-8-22(15-19)34(30,31)28-20-6-2-3-7-20/h4-5,8-16,20,28H,2-3,6-7,17H2,1H3,(H,27,29). The first-order valence-corrected chi connectivity index (χ1v) is 12.6. The highest BCUT2D eigenvalue weighted by Crippen LogP contribution is 2.31. The summed E-state index contributed by atoms with van der Waals surface area (Å²) in [6.45, 7) is 0.310. The summed E-state index contributed by atoms with van der Waals surface area (Å²) in [6, 6.07) is 14.7. The number of anilines is 1. The Hall–Kier alpha value is -3.43. The van der Waals surface area contributed by atoms with Crippen molar-refractivity contribution in [3.8, 4) is 11.5 Å². The van der Waals surface area contributed by atoms with Gasteiger partial charge in [0.1, 0.15) is 6.61 Å². The van der Waals surface area contributed by atoms with Gasteiger partial charge in [0, 0.05) is 35.8 Å². The number of hydrogen-bond donors (Lipinski definition) is 2. The highest BCUT2D eigenvalue weighted by atomic mass is 32.2. The number of nitrogens with zero attached hydrogens (tertiary/aromatic N) is 1. The Morgan fingerprint density at radius 1 is 1.03 bits per heavy atom. The van der Waals surface area contributed by atoms with E-state index in [9.17, 15) is 13.2 Å². The van der Waals surface area contributed by atoms with Gasteiger partial charge in [-0.3, -0.25) is 9.78 Å². The Morgan fingerprint density at radius 2 is 1.79 bits per heavy atom. The fourth-order valence-corrected chi connectivity index (χ4v) is 5.20. The van der Waals surface area contributed by atoms with Crippen molar-refractivity contribution in [1.29, 1.82) is 0 Å². The van der Waals surface area contributed by atoms with E-state index in [0.717, 1.165) is 31.2 Å². The summed E-state index contributed by atoms with van der Waals surface area (Å²) in [4.78, 5) is 16.9. The van der Waals surface area contributed by atoms with Crippen molar-refractivity contribution in [2.24, 2.45) is 0 Å². The van der Waals surface area contributed by atoms with Crippen LogP contribution in [0.1, 0.15) is 41.6 Å². The van der Waals surface area contributed by atoms with Crippen molar-refractivity contribution in [3.05, 3.63) is 78.1 Å². The van der Waals surface area contributed by atoms with Crippen molar-refractivity contribution in [3.63, 3.8) is 0 Å². The minimum atomic E-state index is -3.69. The molecule has 1 aliphatic carbocycles. The third kappa shape index (κ3) is 5.92. The van der Waals surface area contributed by atoms with Crippen molar-refractivity contribution in [1.82, 2.24) is 9.71 Å². The Labute approximate surface area is 199 Å². The Balaban J connectivity index is 1.47. The third-order valence-corrected chi connectivity index (χ3v) is 7.17. The molecule has 2 N–H and O–H groups in total. The molecular weight excluding hydrogens is 454 g/mol. The van der Waals surface area contributed by atoms with Gasteiger partial charge < -0.3 is 14.8 Å². The van der Waals surface area contributed by atoms with E-state index in [0.29, 0.717) is 23.8 Å². The molecule has 0 spiro atoms. The fraction of sp³-hybridized carbons (Fsp3) is 0.280. The number of aromatic nitrogens is 1. The number of rotatable bonds is 9. The van der Waals surface area contributed by atoms with Crippen molar-refractivity contribution in [2.45, 2.75) is 43.2 Å². The molecule has 1 aromatic heterocycles. The second-order valence-corrected chi connectivity index (χ2v) is 9.81. The SMILES string of the molecule is COc1ccc(NC(=O)c2cccc(S(=O)(=O)NC3CCCC3)c2)cc1OCc1ccncc1. The number of methoxy groups -OCH3 is 1. The lowest BCUT2D eigenvalue weighted by molar-refractivity contribution is 0.102. The lowest BCUT2D eigenvalue weighted by Crippen LogP contribution is -2.32. The van der Waals surface area contributed by atoms with Crippen molar-refractivity contribution >= 4 is 21.6 Å². The topological polar surface area (TPSA) is 107 Å². The van der Waals surface area contributed by atoms with Gasteiger partial charge in [0.25, 0.3) is 5.91 Å². The highest BCUT2D eigenvalue weighted by molar-refractivity contribution is 7.89. The summed E-state index contributed by atoms with van der Waals surface area (Å²) in [5.74, 6) is 0.565. The molecule has 9 heteroatoms. The average Bonchev–Trinajstić information content (AvgIpc) is 3.36. The molecule has 4 rings (SSSR count). The minimum Gasteiger partial charge on any atom is -0.493 e. The maximum atomic E-state index is 12.9. The van der Waals surface area contributed by atoms with Crippen LogP contribution >= 0.6 is 0 Å². The first kappa shape index (κ1) is 23.7. The van der Waals surface area contributed by atoms with Crippen LogP contribution in [0.4, 0.5) is 5.69 Å². The molecule has 1 amide bonds. The van der Waals surface area contributed by atoms with Crippen LogP contribution in [0.5, 0.6) is 11.5 Å². The number of carbonyl (C=O) groups is 1. The van der Waals surface area contributed by atoms with Crippen LogP contribution in [0.25, 0.3) is 0 Å². The van der Waals surface area contributed by atoms with Gasteiger partial charge >= 0.3 is 0 Å². The Bertz CT molecular complexity index is 1240. The number of nitrogens with one attached hydrogen (secondary N) is 2. The maximum Gasteiger partial charge on any atom is 0.255 e. The first-order chi connectivity index (χ1) is 16.4. The number of carbonyl (C=O) groups excluding carboxylic acids is 1. The number of ether oxygens (including phenoxy) is 2. The number of amides is 1. The van der Waals surface area contributed by atoms with E-state index in [1.165, 1.54) is 12.1 Å². The van der Waals surface area contributed by atoms with Gasteiger partial charge in [-0.15, -0.1) is 0 Å². The van der Waals surface area contributed by atoms with Gasteiger partial charge in [-0.2, -0.15) is 0 Å². The average molecular weight is 482 g/mol. The summed E-state index contributed by atoms with van der Waals surface area (Å²) in [7, 11) is -2.15. The van der Waals surface area contributed by atoms with Gasteiger partial charge in [0.15, 0.2) is 11.5 Å². The molecule has 1 saturated carbocycles. The van der Waals surface area contributed by atoms with E-state index in [1.54, 1.807) is 49.8 Å². The van der Waals surface area contributed by atoms with Crippen molar-refractivity contribution < 1.29 is 22.7 Å². The quantitative estimate of drug-likeness (QED) is 0.476. The van der Waals surface area contributed by atoms with Gasteiger partial charge in [-0.05, 0) is 60.9 Å².